The molecule has 0 amide bonds. The standard InChI is InChI=1S/C10H11ClFN/c1-2-3-10(13)8-6-7(12)4-5-9(8)11/h2,4-6,10H,1,3,13H2/t10-/m0/s1. The van der Waals surface area contributed by atoms with Crippen LogP contribution < -0.4 is 5.73 Å². The highest BCUT2D eigenvalue weighted by atomic mass is 35.5. The largest absolute Gasteiger partial charge is 0.324 e. The van der Waals surface area contributed by atoms with Gasteiger partial charge in [-0.25, -0.2) is 4.39 Å². The zero-order valence-corrected chi connectivity index (χ0v) is 7.89. The summed E-state index contributed by atoms with van der Waals surface area (Å²) in [7, 11) is 0. The maximum Gasteiger partial charge on any atom is 0.123 e. The number of hydrogen-bond donors (Lipinski definition) is 1. The molecule has 2 N–H and O–H groups in total. The van der Waals surface area contributed by atoms with E-state index in [4.69, 9.17) is 17.3 Å². The first kappa shape index (κ1) is 10.2. The second-order valence-corrected chi connectivity index (χ2v) is 3.20. The molecule has 0 spiro atoms. The Morgan fingerprint density at radius 1 is 1.62 bits per heavy atom. The van der Waals surface area contributed by atoms with E-state index in [9.17, 15) is 4.39 Å². The monoisotopic (exact) mass is 199 g/mol. The average molecular weight is 200 g/mol. The lowest BCUT2D eigenvalue weighted by Crippen LogP contribution is -2.09. The first-order valence-electron chi connectivity index (χ1n) is 3.96. The molecule has 0 fully saturated rings. The third kappa shape index (κ3) is 2.54. The van der Waals surface area contributed by atoms with Crippen LogP contribution in [0.2, 0.25) is 5.02 Å². The minimum Gasteiger partial charge on any atom is -0.324 e. The Morgan fingerprint density at radius 2 is 2.31 bits per heavy atom. The number of benzene rings is 1. The minimum atomic E-state index is -0.320. The van der Waals surface area contributed by atoms with Crippen molar-refractivity contribution < 1.29 is 4.39 Å². The molecule has 1 atom stereocenters. The predicted octanol–water partition coefficient (Wildman–Crippen LogP) is 3.06. The first-order chi connectivity index (χ1) is 6.15. The smallest absolute Gasteiger partial charge is 0.123 e. The van der Waals surface area contributed by atoms with Crippen LogP contribution in [0.5, 0.6) is 0 Å². The molecule has 0 aliphatic rings. The van der Waals surface area contributed by atoms with Gasteiger partial charge in [-0.2, -0.15) is 0 Å². The SMILES string of the molecule is C=CC[C@H](N)c1cc(F)ccc1Cl. The second kappa shape index (κ2) is 4.40. The molecule has 0 unspecified atom stereocenters. The van der Waals surface area contributed by atoms with Crippen molar-refractivity contribution >= 4 is 11.6 Å². The van der Waals surface area contributed by atoms with Gasteiger partial charge in [0.2, 0.25) is 0 Å². The van der Waals surface area contributed by atoms with E-state index in [1.165, 1.54) is 18.2 Å². The lowest BCUT2D eigenvalue weighted by molar-refractivity contribution is 0.620. The predicted molar refractivity (Wildman–Crippen MR) is 53.2 cm³/mol. The molecule has 0 radical (unpaired) electrons. The lowest BCUT2D eigenvalue weighted by atomic mass is 10.0. The summed E-state index contributed by atoms with van der Waals surface area (Å²) in [5, 5.41) is 0.496. The molecule has 0 saturated carbocycles. The number of nitrogens with two attached hydrogens (primary N) is 1. The van der Waals surface area contributed by atoms with Crippen molar-refractivity contribution in [3.05, 3.63) is 47.3 Å². The van der Waals surface area contributed by atoms with Gasteiger partial charge in [0, 0.05) is 11.1 Å². The van der Waals surface area contributed by atoms with Gasteiger partial charge in [-0.05, 0) is 30.2 Å². The topological polar surface area (TPSA) is 26.0 Å². The van der Waals surface area contributed by atoms with Crippen LogP contribution in [-0.4, -0.2) is 0 Å². The quantitative estimate of drug-likeness (QED) is 0.744. The fourth-order valence-electron chi connectivity index (χ4n) is 1.11. The normalized spacial score (nSPS) is 12.5. The molecule has 0 aromatic heterocycles. The fourth-order valence-corrected chi connectivity index (χ4v) is 1.36. The molecule has 0 bridgehead atoms. The van der Waals surface area contributed by atoms with Gasteiger partial charge in [-0.15, -0.1) is 6.58 Å². The van der Waals surface area contributed by atoms with Crippen LogP contribution in [0.1, 0.15) is 18.0 Å². The Bertz CT molecular complexity index is 312. The molecule has 3 heteroatoms. The number of rotatable bonds is 3. The van der Waals surface area contributed by atoms with Crippen LogP contribution >= 0.6 is 11.6 Å². The van der Waals surface area contributed by atoms with Crippen LogP contribution in [0, 0.1) is 5.82 Å². The summed E-state index contributed by atoms with van der Waals surface area (Å²) in [4.78, 5) is 0. The Morgan fingerprint density at radius 3 is 2.92 bits per heavy atom. The first-order valence-corrected chi connectivity index (χ1v) is 4.34. The van der Waals surface area contributed by atoms with Crippen molar-refractivity contribution in [1.82, 2.24) is 0 Å². The molecule has 1 nitrogen and oxygen atoms in total. The molecule has 1 aromatic carbocycles. The molecule has 0 aliphatic heterocycles. The van der Waals surface area contributed by atoms with E-state index in [0.717, 1.165) is 0 Å². The fraction of sp³-hybridized carbons (Fsp3) is 0.200. The minimum absolute atomic E-state index is 0.277. The van der Waals surface area contributed by atoms with Gasteiger partial charge in [0.05, 0.1) is 0 Å². The van der Waals surface area contributed by atoms with Gasteiger partial charge < -0.3 is 5.73 Å². The molecule has 1 rings (SSSR count). The molecule has 0 heterocycles. The van der Waals surface area contributed by atoms with Gasteiger partial charge in [0.25, 0.3) is 0 Å². The maximum atomic E-state index is 12.8. The summed E-state index contributed by atoms with van der Waals surface area (Å²) >= 11 is 5.85. The summed E-state index contributed by atoms with van der Waals surface area (Å²) in [5.74, 6) is -0.320. The van der Waals surface area contributed by atoms with Crippen LogP contribution in [0.25, 0.3) is 0 Å². The zero-order chi connectivity index (χ0) is 9.84. The Kier molecular flexibility index (Phi) is 3.46. The van der Waals surface area contributed by atoms with E-state index in [1.807, 2.05) is 0 Å². The third-order valence-electron chi connectivity index (χ3n) is 1.78. The molecular formula is C10H11ClFN. The van der Waals surface area contributed by atoms with Crippen LogP contribution in [0.15, 0.2) is 30.9 Å². The van der Waals surface area contributed by atoms with Crippen molar-refractivity contribution in [3.63, 3.8) is 0 Å². The molecule has 1 aromatic rings. The zero-order valence-electron chi connectivity index (χ0n) is 7.13. The Hall–Kier alpha value is -0.860. The summed E-state index contributed by atoms with van der Waals surface area (Å²) in [5.41, 5.74) is 6.38. The molecule has 0 saturated heterocycles. The van der Waals surface area contributed by atoms with E-state index in [-0.39, 0.29) is 11.9 Å². The molecule has 0 aliphatic carbocycles. The van der Waals surface area contributed by atoms with Crippen molar-refractivity contribution in [2.45, 2.75) is 12.5 Å². The van der Waals surface area contributed by atoms with E-state index in [0.29, 0.717) is 17.0 Å². The van der Waals surface area contributed by atoms with Crippen LogP contribution in [0.4, 0.5) is 4.39 Å². The van der Waals surface area contributed by atoms with Gasteiger partial charge in [-0.1, -0.05) is 17.7 Å². The van der Waals surface area contributed by atoms with Gasteiger partial charge in [0.15, 0.2) is 0 Å². The highest BCUT2D eigenvalue weighted by molar-refractivity contribution is 6.31. The Labute approximate surface area is 82.0 Å². The van der Waals surface area contributed by atoms with Crippen molar-refractivity contribution in [2.75, 3.05) is 0 Å². The van der Waals surface area contributed by atoms with Gasteiger partial charge in [0.1, 0.15) is 5.82 Å². The van der Waals surface area contributed by atoms with Crippen molar-refractivity contribution in [2.24, 2.45) is 5.73 Å². The number of halogens is 2. The van der Waals surface area contributed by atoms with Gasteiger partial charge >= 0.3 is 0 Å². The lowest BCUT2D eigenvalue weighted by Gasteiger charge is -2.11. The summed E-state index contributed by atoms with van der Waals surface area (Å²) in [6.07, 6.45) is 2.27. The summed E-state index contributed by atoms with van der Waals surface area (Å²) in [6.45, 7) is 3.56. The average Bonchev–Trinajstić information content (AvgIpc) is 2.09. The van der Waals surface area contributed by atoms with Crippen LogP contribution in [-0.2, 0) is 0 Å². The molecule has 70 valence electrons. The second-order valence-electron chi connectivity index (χ2n) is 2.80. The highest BCUT2D eigenvalue weighted by Gasteiger charge is 2.09. The Balaban J connectivity index is 2.97. The summed E-state index contributed by atoms with van der Waals surface area (Å²) in [6, 6.07) is 3.90. The van der Waals surface area contributed by atoms with E-state index in [1.54, 1.807) is 6.08 Å². The van der Waals surface area contributed by atoms with E-state index in [2.05, 4.69) is 6.58 Å². The molecular weight excluding hydrogens is 189 g/mol. The van der Waals surface area contributed by atoms with Crippen molar-refractivity contribution in [1.29, 1.82) is 0 Å². The molecule has 13 heavy (non-hydrogen) atoms. The van der Waals surface area contributed by atoms with E-state index >= 15 is 0 Å². The summed E-state index contributed by atoms with van der Waals surface area (Å²) < 4.78 is 12.8. The van der Waals surface area contributed by atoms with Crippen molar-refractivity contribution in [3.8, 4) is 0 Å². The van der Waals surface area contributed by atoms with Gasteiger partial charge in [-0.3, -0.25) is 0 Å². The number of hydrogen-bond acceptors (Lipinski definition) is 1. The van der Waals surface area contributed by atoms with Crippen LogP contribution in [0.3, 0.4) is 0 Å². The van der Waals surface area contributed by atoms with E-state index < -0.39 is 0 Å². The third-order valence-corrected chi connectivity index (χ3v) is 2.12. The highest BCUT2D eigenvalue weighted by Crippen LogP contribution is 2.24. The maximum absolute atomic E-state index is 12.8.